The highest BCUT2D eigenvalue weighted by Gasteiger charge is 2.17. The molecule has 2 heteroatoms. The zero-order valence-electron chi connectivity index (χ0n) is 4.02. The standard InChI is InChI=1S/C4H10N2/c1-6-3-2-4(6)5/h4H,2-3,5H2,1H3/t4-/m0/s1. The van der Waals surface area contributed by atoms with E-state index in [0.717, 1.165) is 0 Å². The Balaban J connectivity index is 2.20. The third-order valence-electron chi connectivity index (χ3n) is 1.34. The molecule has 1 fully saturated rings. The van der Waals surface area contributed by atoms with Crippen LogP contribution in [0.3, 0.4) is 0 Å². The molecule has 36 valence electrons. The molecule has 2 nitrogen and oxygen atoms in total. The van der Waals surface area contributed by atoms with E-state index >= 15 is 0 Å². The van der Waals surface area contributed by atoms with Crippen molar-refractivity contribution in [1.82, 2.24) is 4.90 Å². The van der Waals surface area contributed by atoms with Crippen LogP contribution < -0.4 is 5.73 Å². The SMILES string of the molecule is CN1CC[C@H]1N. The summed E-state index contributed by atoms with van der Waals surface area (Å²) in [5.74, 6) is 0. The van der Waals surface area contributed by atoms with Crippen LogP contribution in [-0.2, 0) is 0 Å². The van der Waals surface area contributed by atoms with Crippen molar-refractivity contribution < 1.29 is 0 Å². The van der Waals surface area contributed by atoms with E-state index in [1.165, 1.54) is 13.0 Å². The Hall–Kier alpha value is -0.0800. The van der Waals surface area contributed by atoms with Crippen LogP contribution in [0, 0.1) is 0 Å². The quantitative estimate of drug-likeness (QED) is 0.435. The van der Waals surface area contributed by atoms with Crippen molar-refractivity contribution in [3.05, 3.63) is 0 Å². The minimum absolute atomic E-state index is 0.366. The molecule has 0 saturated carbocycles. The van der Waals surface area contributed by atoms with E-state index in [4.69, 9.17) is 5.73 Å². The molecule has 0 spiro atoms. The molecule has 1 aliphatic heterocycles. The number of hydrogen-bond donors (Lipinski definition) is 1. The Morgan fingerprint density at radius 3 is 2.33 bits per heavy atom. The number of nitrogens with zero attached hydrogens (tertiary/aromatic N) is 1. The van der Waals surface area contributed by atoms with E-state index in [-0.39, 0.29) is 0 Å². The first-order valence-electron chi connectivity index (χ1n) is 2.26. The molecule has 0 bridgehead atoms. The van der Waals surface area contributed by atoms with Crippen molar-refractivity contribution in [1.29, 1.82) is 0 Å². The Kier molecular flexibility index (Phi) is 0.821. The van der Waals surface area contributed by atoms with Gasteiger partial charge in [-0.3, -0.25) is 4.90 Å². The highest BCUT2D eigenvalue weighted by molar-refractivity contribution is 4.72. The largest absolute Gasteiger partial charge is 0.316 e. The smallest absolute Gasteiger partial charge is 0.0581 e. The van der Waals surface area contributed by atoms with Gasteiger partial charge < -0.3 is 5.73 Å². The summed E-state index contributed by atoms with van der Waals surface area (Å²) in [6.07, 6.45) is 1.54. The molecule has 0 unspecified atom stereocenters. The van der Waals surface area contributed by atoms with Crippen molar-refractivity contribution in [2.75, 3.05) is 13.6 Å². The molecule has 6 heavy (non-hydrogen) atoms. The van der Waals surface area contributed by atoms with Crippen LogP contribution in [0.2, 0.25) is 0 Å². The van der Waals surface area contributed by atoms with Gasteiger partial charge in [-0.2, -0.15) is 0 Å². The van der Waals surface area contributed by atoms with Gasteiger partial charge in [0.15, 0.2) is 0 Å². The fraction of sp³-hybridized carbons (Fsp3) is 1.00. The van der Waals surface area contributed by atoms with Crippen molar-refractivity contribution in [3.8, 4) is 0 Å². The summed E-state index contributed by atoms with van der Waals surface area (Å²) < 4.78 is 0. The highest BCUT2D eigenvalue weighted by atomic mass is 15.2. The topological polar surface area (TPSA) is 29.3 Å². The molecule has 0 radical (unpaired) electrons. The van der Waals surface area contributed by atoms with Crippen LogP contribution >= 0.6 is 0 Å². The Labute approximate surface area is 37.9 Å². The molecule has 1 heterocycles. The lowest BCUT2D eigenvalue weighted by molar-refractivity contribution is 0.132. The van der Waals surface area contributed by atoms with Gasteiger partial charge in [0, 0.05) is 6.54 Å². The second kappa shape index (κ2) is 1.21. The van der Waals surface area contributed by atoms with Gasteiger partial charge in [0.2, 0.25) is 0 Å². The molecule has 0 amide bonds. The zero-order valence-corrected chi connectivity index (χ0v) is 4.02. The fourth-order valence-electron chi connectivity index (χ4n) is 0.536. The lowest BCUT2D eigenvalue weighted by Gasteiger charge is -2.34. The minimum atomic E-state index is 0.366. The number of nitrogens with two attached hydrogens (primary N) is 1. The van der Waals surface area contributed by atoms with Gasteiger partial charge in [-0.25, -0.2) is 0 Å². The van der Waals surface area contributed by atoms with E-state index in [1.54, 1.807) is 0 Å². The fourth-order valence-corrected chi connectivity index (χ4v) is 0.536. The van der Waals surface area contributed by atoms with Crippen LogP contribution in [0.5, 0.6) is 0 Å². The maximum atomic E-state index is 5.45. The van der Waals surface area contributed by atoms with E-state index in [1.807, 2.05) is 7.05 Å². The minimum Gasteiger partial charge on any atom is -0.316 e. The Bertz CT molecular complexity index is 45.5. The Morgan fingerprint density at radius 1 is 1.83 bits per heavy atom. The molecule has 1 atom stereocenters. The van der Waals surface area contributed by atoms with Gasteiger partial charge in [-0.1, -0.05) is 0 Å². The highest BCUT2D eigenvalue weighted by Crippen LogP contribution is 2.06. The molecular weight excluding hydrogens is 76.1 g/mol. The summed E-state index contributed by atoms with van der Waals surface area (Å²) in [5.41, 5.74) is 5.45. The van der Waals surface area contributed by atoms with Crippen molar-refractivity contribution >= 4 is 0 Å². The summed E-state index contributed by atoms with van der Waals surface area (Å²) in [6.45, 7) is 1.18. The molecule has 0 aliphatic carbocycles. The summed E-state index contributed by atoms with van der Waals surface area (Å²) in [6, 6.07) is 0. The van der Waals surface area contributed by atoms with E-state index in [0.29, 0.717) is 6.17 Å². The first-order valence-corrected chi connectivity index (χ1v) is 2.26. The van der Waals surface area contributed by atoms with E-state index in [9.17, 15) is 0 Å². The molecule has 1 saturated heterocycles. The van der Waals surface area contributed by atoms with Crippen LogP contribution in [0.4, 0.5) is 0 Å². The number of rotatable bonds is 0. The van der Waals surface area contributed by atoms with Crippen molar-refractivity contribution in [2.24, 2.45) is 5.73 Å². The van der Waals surface area contributed by atoms with Gasteiger partial charge >= 0.3 is 0 Å². The summed E-state index contributed by atoms with van der Waals surface area (Å²) in [5, 5.41) is 0. The monoisotopic (exact) mass is 86.1 g/mol. The maximum absolute atomic E-state index is 5.45. The van der Waals surface area contributed by atoms with Gasteiger partial charge in [-0.05, 0) is 13.5 Å². The van der Waals surface area contributed by atoms with Crippen LogP contribution in [0.1, 0.15) is 6.42 Å². The van der Waals surface area contributed by atoms with Crippen LogP contribution in [0.25, 0.3) is 0 Å². The third-order valence-corrected chi connectivity index (χ3v) is 1.34. The van der Waals surface area contributed by atoms with Crippen LogP contribution in [0.15, 0.2) is 0 Å². The van der Waals surface area contributed by atoms with Crippen molar-refractivity contribution in [2.45, 2.75) is 12.6 Å². The first kappa shape index (κ1) is 4.09. The summed E-state index contributed by atoms with van der Waals surface area (Å²) in [7, 11) is 2.04. The molecular formula is C4H10N2. The van der Waals surface area contributed by atoms with E-state index < -0.39 is 0 Å². The van der Waals surface area contributed by atoms with Crippen molar-refractivity contribution in [3.63, 3.8) is 0 Å². The van der Waals surface area contributed by atoms with Gasteiger partial charge in [0.25, 0.3) is 0 Å². The molecule has 2 N–H and O–H groups in total. The number of likely N-dealkylation sites (tertiary alicyclic amines) is 1. The summed E-state index contributed by atoms with van der Waals surface area (Å²) >= 11 is 0. The summed E-state index contributed by atoms with van der Waals surface area (Å²) in [4.78, 5) is 2.12. The van der Waals surface area contributed by atoms with Gasteiger partial charge in [-0.15, -0.1) is 0 Å². The molecule has 0 aromatic carbocycles. The zero-order chi connectivity index (χ0) is 4.57. The molecule has 0 aromatic rings. The van der Waals surface area contributed by atoms with Gasteiger partial charge in [0.05, 0.1) is 6.17 Å². The first-order chi connectivity index (χ1) is 2.80. The molecule has 0 aromatic heterocycles. The normalized spacial score (nSPS) is 36.0. The average molecular weight is 86.1 g/mol. The second-order valence-electron chi connectivity index (χ2n) is 1.84. The second-order valence-corrected chi connectivity index (χ2v) is 1.84. The van der Waals surface area contributed by atoms with E-state index in [2.05, 4.69) is 4.90 Å². The number of hydrogen-bond acceptors (Lipinski definition) is 2. The molecule has 1 aliphatic rings. The lowest BCUT2D eigenvalue weighted by Crippen LogP contribution is -2.50. The van der Waals surface area contributed by atoms with Crippen LogP contribution in [-0.4, -0.2) is 24.7 Å². The third kappa shape index (κ3) is 0.420. The predicted molar refractivity (Wildman–Crippen MR) is 25.2 cm³/mol. The Morgan fingerprint density at radius 2 is 2.33 bits per heavy atom. The average Bonchev–Trinajstić information content (AvgIpc) is 1.61. The van der Waals surface area contributed by atoms with Gasteiger partial charge in [0.1, 0.15) is 0 Å². The maximum Gasteiger partial charge on any atom is 0.0581 e. The molecule has 1 rings (SSSR count). The lowest BCUT2D eigenvalue weighted by atomic mass is 10.2. The predicted octanol–water partition coefficient (Wildman–Crippen LogP) is -0.393.